The van der Waals surface area contributed by atoms with Gasteiger partial charge in [-0.25, -0.2) is 0 Å². The van der Waals surface area contributed by atoms with Crippen LogP contribution in [-0.2, 0) is 28.6 Å². The summed E-state index contributed by atoms with van der Waals surface area (Å²) in [6.45, 7) is 6.12. The Hall–Kier alpha value is -5.49. The lowest BCUT2D eigenvalue weighted by molar-refractivity contribution is -0.167. The van der Waals surface area contributed by atoms with Crippen LogP contribution >= 0.6 is 0 Å². The van der Waals surface area contributed by atoms with Gasteiger partial charge < -0.3 is 14.2 Å². The van der Waals surface area contributed by atoms with E-state index in [1.807, 2.05) is 134 Å². The lowest BCUT2D eigenvalue weighted by Gasteiger charge is -2.18. The van der Waals surface area contributed by atoms with Crippen LogP contribution in [0.3, 0.4) is 0 Å². The van der Waals surface area contributed by atoms with Gasteiger partial charge in [0.1, 0.15) is 13.2 Å². The zero-order chi connectivity index (χ0) is 49.3. The number of carbonyl (C=O) groups is 3. The van der Waals surface area contributed by atoms with Gasteiger partial charge in [-0.2, -0.15) is 0 Å². The summed E-state index contributed by atoms with van der Waals surface area (Å²) < 4.78 is 16.7. The third kappa shape index (κ3) is 51.5. The number of esters is 3. The van der Waals surface area contributed by atoms with Gasteiger partial charge in [0.05, 0.1) is 0 Å². The quantitative estimate of drug-likeness (QED) is 0.0199. The first-order valence-corrected chi connectivity index (χ1v) is 26.0. The van der Waals surface area contributed by atoms with Crippen LogP contribution < -0.4 is 0 Å². The summed E-state index contributed by atoms with van der Waals surface area (Å²) in [5, 5.41) is 0. The van der Waals surface area contributed by atoms with Gasteiger partial charge in [0.25, 0.3) is 0 Å². The van der Waals surface area contributed by atoms with Crippen LogP contribution in [0, 0.1) is 0 Å². The van der Waals surface area contributed by atoms with Gasteiger partial charge in [-0.1, -0.05) is 248 Å². The van der Waals surface area contributed by atoms with E-state index >= 15 is 0 Å². The number of unbranched alkanes of at least 4 members (excludes halogenated alkanes) is 13. The van der Waals surface area contributed by atoms with E-state index in [0.29, 0.717) is 19.3 Å². The predicted molar refractivity (Wildman–Crippen MR) is 292 cm³/mol. The molecule has 0 amide bonds. The second-order valence-corrected chi connectivity index (χ2v) is 16.3. The Kier molecular flexibility index (Phi) is 49.7. The van der Waals surface area contributed by atoms with E-state index in [1.54, 1.807) is 0 Å². The van der Waals surface area contributed by atoms with Crippen molar-refractivity contribution in [2.45, 2.75) is 175 Å². The maximum absolute atomic E-state index is 12.8. The Balaban J connectivity index is 4.65. The van der Waals surface area contributed by atoms with Crippen LogP contribution in [0.15, 0.2) is 182 Å². The molecule has 0 aliphatic heterocycles. The summed E-state index contributed by atoms with van der Waals surface area (Å²) in [4.78, 5) is 38.0. The summed E-state index contributed by atoms with van der Waals surface area (Å²) in [6, 6.07) is 0. The Bertz CT molecular complexity index is 1680. The highest BCUT2D eigenvalue weighted by Gasteiger charge is 2.19. The molecule has 374 valence electrons. The van der Waals surface area contributed by atoms with E-state index in [-0.39, 0.29) is 44.0 Å². The Morgan fingerprint density at radius 2 is 0.603 bits per heavy atom. The maximum atomic E-state index is 12.8. The molecule has 0 saturated carbocycles. The van der Waals surface area contributed by atoms with Crippen molar-refractivity contribution in [1.82, 2.24) is 0 Å². The summed E-state index contributed by atoms with van der Waals surface area (Å²) in [6.07, 6.45) is 81.5. The Morgan fingerprint density at radius 1 is 0.309 bits per heavy atom. The average Bonchev–Trinajstić information content (AvgIpc) is 3.34. The molecule has 6 nitrogen and oxygen atoms in total. The summed E-state index contributed by atoms with van der Waals surface area (Å²) in [7, 11) is 0. The minimum atomic E-state index is -0.835. The van der Waals surface area contributed by atoms with Gasteiger partial charge in [-0.15, -0.1) is 0 Å². The molecule has 0 spiro atoms. The lowest BCUT2D eigenvalue weighted by atomic mass is 10.1. The molecular formula is C62H90O6. The highest BCUT2D eigenvalue weighted by atomic mass is 16.6. The molecule has 0 heterocycles. The van der Waals surface area contributed by atoms with Gasteiger partial charge in [-0.3, -0.25) is 14.4 Å². The van der Waals surface area contributed by atoms with Crippen molar-refractivity contribution in [1.29, 1.82) is 0 Å². The smallest absolute Gasteiger partial charge is 0.306 e. The normalized spacial score (nSPS) is 13.6. The van der Waals surface area contributed by atoms with Gasteiger partial charge in [0, 0.05) is 19.3 Å². The van der Waals surface area contributed by atoms with Crippen molar-refractivity contribution in [3.63, 3.8) is 0 Å². The standard InChI is InChI=1S/C62H90O6/c1-4-7-10-13-16-19-22-25-28-30-31-33-34-37-40-43-46-49-52-55-61(64)67-58-59(57-66-60(63)54-51-48-45-42-39-36-27-24-21-18-15-12-9-6-3)68-62(65)56-53-50-47-44-41-38-35-32-29-26-23-20-17-14-11-8-5-2/h7-14,16-23,25-26,28-35,37-38,40-41,59H,4-6,15,24,27,36,39,42-58H2,1-3H3/b10-7-,11-8-,12-9-,16-13-,17-14-,21-18-,22-19-,23-20-,28-25-,29-26-,31-30+,34-33-,35-32+,40-37-,41-38-. The fourth-order valence-electron chi connectivity index (χ4n) is 6.20. The SMILES string of the molecule is CC\C=C/C=C\C=C/C=C\C=C\C=C/C=C\CCCCCC(=O)OCC(COC(=O)CCCCCCCCC/C=C\C/C=C\CC)OC(=O)CCCCC\C=C/C=C/C=C\C=C/C=C\C=C/CC. The Morgan fingerprint density at radius 3 is 1.00 bits per heavy atom. The van der Waals surface area contributed by atoms with E-state index in [2.05, 4.69) is 69.4 Å². The number of allylic oxidation sites excluding steroid dienone is 30. The fourth-order valence-corrected chi connectivity index (χ4v) is 6.20. The average molecular weight is 931 g/mol. The molecule has 6 heteroatoms. The van der Waals surface area contributed by atoms with Crippen LogP contribution in [0.1, 0.15) is 168 Å². The molecule has 0 bridgehead atoms. The Labute approximate surface area is 414 Å². The van der Waals surface area contributed by atoms with Crippen molar-refractivity contribution in [2.75, 3.05) is 13.2 Å². The summed E-state index contributed by atoms with van der Waals surface area (Å²) >= 11 is 0. The van der Waals surface area contributed by atoms with Gasteiger partial charge in [0.2, 0.25) is 0 Å². The molecule has 0 aliphatic rings. The number of carbonyl (C=O) groups excluding carboxylic acids is 3. The van der Waals surface area contributed by atoms with Gasteiger partial charge in [0.15, 0.2) is 6.10 Å². The second kappa shape index (κ2) is 54.1. The minimum absolute atomic E-state index is 0.126. The number of rotatable bonds is 43. The van der Waals surface area contributed by atoms with E-state index in [0.717, 1.165) is 89.9 Å². The van der Waals surface area contributed by atoms with Crippen LogP contribution in [0.25, 0.3) is 0 Å². The van der Waals surface area contributed by atoms with Crippen LogP contribution in [0.2, 0.25) is 0 Å². The van der Waals surface area contributed by atoms with E-state index in [9.17, 15) is 14.4 Å². The highest BCUT2D eigenvalue weighted by Crippen LogP contribution is 2.12. The molecule has 1 unspecified atom stereocenters. The highest BCUT2D eigenvalue weighted by molar-refractivity contribution is 5.71. The van der Waals surface area contributed by atoms with Crippen LogP contribution in [0.4, 0.5) is 0 Å². The molecule has 0 aromatic heterocycles. The van der Waals surface area contributed by atoms with Crippen molar-refractivity contribution in [3.8, 4) is 0 Å². The van der Waals surface area contributed by atoms with E-state index < -0.39 is 6.10 Å². The largest absolute Gasteiger partial charge is 0.462 e. The topological polar surface area (TPSA) is 78.9 Å². The zero-order valence-corrected chi connectivity index (χ0v) is 42.5. The maximum Gasteiger partial charge on any atom is 0.306 e. The van der Waals surface area contributed by atoms with Crippen LogP contribution in [-0.4, -0.2) is 37.2 Å². The summed E-state index contributed by atoms with van der Waals surface area (Å²) in [5.41, 5.74) is 0. The van der Waals surface area contributed by atoms with Crippen molar-refractivity contribution < 1.29 is 28.6 Å². The molecule has 0 fully saturated rings. The zero-order valence-electron chi connectivity index (χ0n) is 42.5. The molecule has 0 aromatic carbocycles. The minimum Gasteiger partial charge on any atom is -0.462 e. The molecule has 68 heavy (non-hydrogen) atoms. The second-order valence-electron chi connectivity index (χ2n) is 16.3. The fraction of sp³-hybridized carbons (Fsp3) is 0.468. The predicted octanol–water partition coefficient (Wildman–Crippen LogP) is 17.4. The first-order chi connectivity index (χ1) is 33.5. The molecule has 1 atom stereocenters. The van der Waals surface area contributed by atoms with Crippen molar-refractivity contribution in [3.05, 3.63) is 182 Å². The van der Waals surface area contributed by atoms with E-state index in [1.165, 1.54) is 25.7 Å². The molecule has 0 rings (SSSR count). The number of ether oxygens (including phenoxy) is 3. The van der Waals surface area contributed by atoms with Gasteiger partial charge in [-0.05, 0) is 83.5 Å². The molecule has 0 aromatic rings. The first kappa shape index (κ1) is 62.5. The monoisotopic (exact) mass is 931 g/mol. The third-order valence-corrected chi connectivity index (χ3v) is 9.99. The lowest BCUT2D eigenvalue weighted by Crippen LogP contribution is -2.30. The first-order valence-electron chi connectivity index (χ1n) is 26.0. The van der Waals surface area contributed by atoms with Crippen molar-refractivity contribution in [2.24, 2.45) is 0 Å². The number of hydrogen-bond acceptors (Lipinski definition) is 6. The molecule has 0 aliphatic carbocycles. The molecular weight excluding hydrogens is 841 g/mol. The third-order valence-electron chi connectivity index (χ3n) is 9.99. The van der Waals surface area contributed by atoms with E-state index in [4.69, 9.17) is 14.2 Å². The number of hydrogen-bond donors (Lipinski definition) is 0. The molecule has 0 saturated heterocycles. The molecule has 0 radical (unpaired) electrons. The summed E-state index contributed by atoms with van der Waals surface area (Å²) in [5.74, 6) is -1.04. The van der Waals surface area contributed by atoms with Gasteiger partial charge >= 0.3 is 17.9 Å². The van der Waals surface area contributed by atoms with Crippen LogP contribution in [0.5, 0.6) is 0 Å². The van der Waals surface area contributed by atoms with Crippen molar-refractivity contribution >= 4 is 17.9 Å². The molecule has 0 N–H and O–H groups in total.